The molecule has 2 aromatic rings. The van der Waals surface area contributed by atoms with Gasteiger partial charge in [0.25, 0.3) is 5.88 Å². The Kier molecular flexibility index (Phi) is 6.83. The van der Waals surface area contributed by atoms with Gasteiger partial charge in [0.2, 0.25) is 0 Å². The van der Waals surface area contributed by atoms with Crippen molar-refractivity contribution in [3.8, 4) is 11.6 Å². The average molecular weight is 447 g/mol. The molecule has 0 amide bonds. The fourth-order valence-electron chi connectivity index (χ4n) is 4.94. The third-order valence-electron chi connectivity index (χ3n) is 7.00. The summed E-state index contributed by atoms with van der Waals surface area (Å²) in [5.41, 5.74) is 0.0892. The SMILES string of the molecule is OC1(CN2CCC(COc3noc4cccc(OC5CCOCC5)c34)CC2)CCOCC1. The second kappa shape index (κ2) is 9.95. The number of benzene rings is 1. The number of hydrogen-bond donors (Lipinski definition) is 1. The zero-order valence-electron chi connectivity index (χ0n) is 18.7. The Bertz CT molecular complexity index is 866. The van der Waals surface area contributed by atoms with Crippen molar-refractivity contribution in [2.45, 2.75) is 50.2 Å². The van der Waals surface area contributed by atoms with Gasteiger partial charge < -0.3 is 33.5 Å². The molecule has 5 rings (SSSR count). The molecule has 32 heavy (non-hydrogen) atoms. The first-order valence-electron chi connectivity index (χ1n) is 12.0. The molecule has 8 heteroatoms. The lowest BCUT2D eigenvalue weighted by molar-refractivity contribution is -0.0834. The molecule has 0 unspecified atom stereocenters. The summed E-state index contributed by atoms with van der Waals surface area (Å²) in [4.78, 5) is 2.38. The highest BCUT2D eigenvalue weighted by molar-refractivity contribution is 5.88. The van der Waals surface area contributed by atoms with E-state index < -0.39 is 5.60 Å². The Balaban J connectivity index is 1.15. The van der Waals surface area contributed by atoms with Crippen LogP contribution in [0.4, 0.5) is 0 Å². The molecule has 3 fully saturated rings. The molecule has 3 aliphatic heterocycles. The van der Waals surface area contributed by atoms with E-state index in [2.05, 4.69) is 10.1 Å². The maximum atomic E-state index is 10.8. The number of β-amino-alcohol motifs (C(OH)–C–C–N with tert-alkyl or cyclic N) is 1. The van der Waals surface area contributed by atoms with E-state index in [1.165, 1.54) is 0 Å². The molecule has 0 atom stereocenters. The van der Waals surface area contributed by atoms with Crippen molar-refractivity contribution in [3.63, 3.8) is 0 Å². The van der Waals surface area contributed by atoms with Gasteiger partial charge in [0.15, 0.2) is 5.58 Å². The van der Waals surface area contributed by atoms with Crippen molar-refractivity contribution >= 4 is 11.0 Å². The second-order valence-corrected chi connectivity index (χ2v) is 9.41. The summed E-state index contributed by atoms with van der Waals surface area (Å²) in [5, 5.41) is 15.8. The molecular formula is C24H34N2O6. The minimum Gasteiger partial charge on any atom is -0.489 e. The number of fused-ring (bicyclic) bond motifs is 1. The Labute approximate surface area is 188 Å². The van der Waals surface area contributed by atoms with Crippen LogP contribution >= 0.6 is 0 Å². The summed E-state index contributed by atoms with van der Waals surface area (Å²) in [6.45, 7) is 6.10. The minimum absolute atomic E-state index is 0.145. The van der Waals surface area contributed by atoms with Gasteiger partial charge in [0.05, 0.1) is 25.4 Å². The van der Waals surface area contributed by atoms with Crippen LogP contribution in [0.5, 0.6) is 11.6 Å². The zero-order valence-corrected chi connectivity index (χ0v) is 18.7. The molecule has 0 radical (unpaired) electrons. The van der Waals surface area contributed by atoms with Gasteiger partial charge in [-0.15, -0.1) is 0 Å². The monoisotopic (exact) mass is 446 g/mol. The van der Waals surface area contributed by atoms with E-state index in [0.717, 1.165) is 82.5 Å². The first-order valence-corrected chi connectivity index (χ1v) is 12.0. The lowest BCUT2D eigenvalue weighted by Crippen LogP contribution is -2.49. The molecule has 0 spiro atoms. The predicted molar refractivity (Wildman–Crippen MR) is 118 cm³/mol. The van der Waals surface area contributed by atoms with Gasteiger partial charge in [-0.1, -0.05) is 6.07 Å². The molecule has 8 nitrogen and oxygen atoms in total. The van der Waals surface area contributed by atoms with Crippen LogP contribution in [0, 0.1) is 5.92 Å². The normalized spacial score (nSPS) is 23.4. The molecule has 0 bridgehead atoms. The van der Waals surface area contributed by atoms with E-state index in [-0.39, 0.29) is 6.10 Å². The van der Waals surface area contributed by atoms with Crippen LogP contribution in [-0.2, 0) is 9.47 Å². The smallest absolute Gasteiger partial charge is 0.265 e. The van der Waals surface area contributed by atoms with E-state index in [0.29, 0.717) is 37.2 Å². The highest BCUT2D eigenvalue weighted by Crippen LogP contribution is 2.35. The van der Waals surface area contributed by atoms with Crippen molar-refractivity contribution in [2.75, 3.05) is 52.7 Å². The number of piperidine rings is 1. The largest absolute Gasteiger partial charge is 0.489 e. The van der Waals surface area contributed by atoms with Gasteiger partial charge in [-0.2, -0.15) is 0 Å². The highest BCUT2D eigenvalue weighted by atomic mass is 16.5. The number of hydrogen-bond acceptors (Lipinski definition) is 8. The first kappa shape index (κ1) is 21.9. The highest BCUT2D eigenvalue weighted by Gasteiger charge is 2.33. The number of ether oxygens (including phenoxy) is 4. The van der Waals surface area contributed by atoms with Crippen LogP contribution in [0.3, 0.4) is 0 Å². The molecule has 1 N–H and O–H groups in total. The van der Waals surface area contributed by atoms with E-state index in [4.69, 9.17) is 23.5 Å². The Morgan fingerprint density at radius 1 is 1.03 bits per heavy atom. The molecule has 1 aromatic carbocycles. The third-order valence-corrected chi connectivity index (χ3v) is 7.00. The van der Waals surface area contributed by atoms with Crippen molar-refractivity contribution < 1.29 is 28.6 Å². The maximum Gasteiger partial charge on any atom is 0.265 e. The van der Waals surface area contributed by atoms with Crippen LogP contribution in [0.1, 0.15) is 38.5 Å². The van der Waals surface area contributed by atoms with Gasteiger partial charge in [-0.05, 0) is 49.1 Å². The molecule has 3 aliphatic rings. The van der Waals surface area contributed by atoms with Crippen LogP contribution in [0.15, 0.2) is 22.7 Å². The quantitative estimate of drug-likeness (QED) is 0.695. The van der Waals surface area contributed by atoms with Crippen molar-refractivity contribution in [1.82, 2.24) is 10.1 Å². The van der Waals surface area contributed by atoms with Crippen LogP contribution < -0.4 is 9.47 Å². The molecule has 176 valence electrons. The number of nitrogens with zero attached hydrogens (tertiary/aromatic N) is 2. The molecule has 0 saturated carbocycles. The van der Waals surface area contributed by atoms with Crippen LogP contribution in [0.25, 0.3) is 11.0 Å². The van der Waals surface area contributed by atoms with E-state index in [9.17, 15) is 5.11 Å². The fourth-order valence-corrected chi connectivity index (χ4v) is 4.94. The average Bonchev–Trinajstić information content (AvgIpc) is 3.24. The maximum absolute atomic E-state index is 10.8. The molecule has 0 aliphatic carbocycles. The molecule has 1 aromatic heterocycles. The topological polar surface area (TPSA) is 86.4 Å². The van der Waals surface area contributed by atoms with Gasteiger partial charge >= 0.3 is 0 Å². The Morgan fingerprint density at radius 3 is 2.56 bits per heavy atom. The summed E-state index contributed by atoms with van der Waals surface area (Å²) in [6.07, 6.45) is 5.48. The molecule has 4 heterocycles. The summed E-state index contributed by atoms with van der Waals surface area (Å²) < 4.78 is 28.7. The zero-order chi connectivity index (χ0) is 21.8. The lowest BCUT2D eigenvalue weighted by atomic mass is 9.91. The van der Waals surface area contributed by atoms with E-state index in [1.807, 2.05) is 18.2 Å². The van der Waals surface area contributed by atoms with E-state index in [1.54, 1.807) is 0 Å². The lowest BCUT2D eigenvalue weighted by Gasteiger charge is -2.39. The third kappa shape index (κ3) is 5.20. The number of aliphatic hydroxyl groups is 1. The molecule has 3 saturated heterocycles. The van der Waals surface area contributed by atoms with E-state index >= 15 is 0 Å². The van der Waals surface area contributed by atoms with Gasteiger partial charge in [-0.3, -0.25) is 0 Å². The standard InChI is InChI=1S/C24H34N2O6/c27-24(8-14-29-15-9-24)17-26-10-4-18(5-11-26)16-30-23-22-20(2-1-3-21(22)32-25-23)31-19-6-12-28-13-7-19/h1-3,18-19,27H,4-17H2. The Morgan fingerprint density at radius 2 is 1.78 bits per heavy atom. The summed E-state index contributed by atoms with van der Waals surface area (Å²) in [6, 6.07) is 5.78. The second-order valence-electron chi connectivity index (χ2n) is 9.41. The van der Waals surface area contributed by atoms with Gasteiger partial charge in [0, 0.05) is 45.4 Å². The van der Waals surface area contributed by atoms with Gasteiger partial charge in [0.1, 0.15) is 17.2 Å². The van der Waals surface area contributed by atoms with Crippen LogP contribution in [0.2, 0.25) is 0 Å². The van der Waals surface area contributed by atoms with Crippen LogP contribution in [-0.4, -0.2) is 79.5 Å². The number of likely N-dealkylation sites (tertiary alicyclic amines) is 1. The Hall–Kier alpha value is -1.87. The fraction of sp³-hybridized carbons (Fsp3) is 0.708. The number of rotatable bonds is 7. The number of aromatic nitrogens is 1. The summed E-state index contributed by atoms with van der Waals surface area (Å²) in [5.74, 6) is 1.75. The predicted octanol–water partition coefficient (Wildman–Crippen LogP) is 3.02. The summed E-state index contributed by atoms with van der Waals surface area (Å²) in [7, 11) is 0. The first-order chi connectivity index (χ1) is 15.7. The van der Waals surface area contributed by atoms with Crippen molar-refractivity contribution in [1.29, 1.82) is 0 Å². The van der Waals surface area contributed by atoms with Crippen molar-refractivity contribution in [3.05, 3.63) is 18.2 Å². The van der Waals surface area contributed by atoms with Gasteiger partial charge in [-0.25, -0.2) is 0 Å². The van der Waals surface area contributed by atoms with Crippen molar-refractivity contribution in [2.24, 2.45) is 5.92 Å². The summed E-state index contributed by atoms with van der Waals surface area (Å²) >= 11 is 0. The minimum atomic E-state index is -0.595. The molecular weight excluding hydrogens is 412 g/mol.